The highest BCUT2D eigenvalue weighted by Gasteiger charge is 2.23. The summed E-state index contributed by atoms with van der Waals surface area (Å²) in [7, 11) is 1.24. The number of aliphatic hydroxyl groups is 1. The molecule has 0 saturated heterocycles. The molecule has 0 aromatic rings. The van der Waals surface area contributed by atoms with Crippen LogP contribution in [0.15, 0.2) is 36.5 Å². The van der Waals surface area contributed by atoms with Gasteiger partial charge in [0, 0.05) is 6.42 Å². The van der Waals surface area contributed by atoms with Crippen LogP contribution in [0.25, 0.3) is 0 Å². The Morgan fingerprint density at radius 3 is 1.08 bits per heavy atom. The third-order valence-corrected chi connectivity index (χ3v) is 15.5. The summed E-state index contributed by atoms with van der Waals surface area (Å²) in [6.45, 7) is 4.57. The first kappa shape index (κ1) is 71.7. The van der Waals surface area contributed by atoms with Crippen LogP contribution >= 0.6 is 7.82 Å². The summed E-state index contributed by atoms with van der Waals surface area (Å²) in [5, 5.41) is 13.8. The molecule has 73 heavy (non-hydrogen) atoms. The molecule has 0 heterocycles. The van der Waals surface area contributed by atoms with Crippen LogP contribution in [0.4, 0.5) is 0 Å². The van der Waals surface area contributed by atoms with Gasteiger partial charge in [0.2, 0.25) is 5.91 Å². The van der Waals surface area contributed by atoms with E-state index in [4.69, 9.17) is 9.05 Å². The zero-order valence-corrected chi connectivity index (χ0v) is 50.3. The number of nitrogens with one attached hydrogen (secondary N) is 1. The normalized spacial score (nSPS) is 14.0. The second-order valence-electron chi connectivity index (χ2n) is 23.1. The number of hydrogen-bond acceptors (Lipinski definition) is 6. The zero-order chi connectivity index (χ0) is 53.5. The molecule has 3 unspecified atom stereocenters. The van der Waals surface area contributed by atoms with Gasteiger partial charge >= 0.3 is 0 Å². The van der Waals surface area contributed by atoms with E-state index in [1.165, 1.54) is 244 Å². The van der Waals surface area contributed by atoms with Gasteiger partial charge in [-0.1, -0.05) is 307 Å². The van der Waals surface area contributed by atoms with E-state index in [9.17, 15) is 19.4 Å². The van der Waals surface area contributed by atoms with Crippen LogP contribution in [0.2, 0.25) is 0 Å². The molecule has 3 atom stereocenters. The van der Waals surface area contributed by atoms with Gasteiger partial charge in [0.15, 0.2) is 0 Å². The molecule has 8 nitrogen and oxygen atoms in total. The van der Waals surface area contributed by atoms with Crippen molar-refractivity contribution in [2.75, 3.05) is 40.9 Å². The SMILES string of the molecule is CCC/C=C/CC/C=C/CC/C=C/C(O)C(COP(=O)([O-])OCC[N+](C)(C)C)NC(=O)CCCCCCCCCCCCCCCCCCCCCCCCCCCCCCCCCCCCCCCCCC. The van der Waals surface area contributed by atoms with Gasteiger partial charge in [-0.3, -0.25) is 9.36 Å². The lowest BCUT2D eigenvalue weighted by Crippen LogP contribution is -2.45. The standard InChI is InChI=1S/C64H125N2O6P/c1-6-8-10-12-14-16-18-19-20-21-22-23-24-25-26-27-28-29-30-31-32-33-34-35-36-37-38-39-40-41-42-43-44-45-46-48-50-52-54-56-58-64(68)65-62(61-72-73(69,70)71-60-59-66(3,4)5)63(67)57-55-53-51-49-47-17-15-13-11-9-7-2/h11,13,47,49,55,57,62-63,67H,6-10,12,14-46,48,50-54,56,58-61H2,1-5H3,(H-,65,68,69,70)/b13-11+,49-47+,57-55+. The first-order valence-corrected chi connectivity index (χ1v) is 33.3. The number of carbonyl (C=O) groups excluding carboxylic acids is 1. The van der Waals surface area contributed by atoms with Crippen LogP contribution in [-0.4, -0.2) is 68.5 Å². The number of allylic oxidation sites excluding steroid dienone is 5. The molecule has 0 aliphatic heterocycles. The Labute approximate surface area is 455 Å². The van der Waals surface area contributed by atoms with Crippen molar-refractivity contribution in [1.82, 2.24) is 5.32 Å². The van der Waals surface area contributed by atoms with Crippen molar-refractivity contribution >= 4 is 13.7 Å². The minimum atomic E-state index is -4.60. The van der Waals surface area contributed by atoms with Gasteiger partial charge in [0.25, 0.3) is 7.82 Å². The highest BCUT2D eigenvalue weighted by Crippen LogP contribution is 2.38. The molecule has 2 N–H and O–H groups in total. The van der Waals surface area contributed by atoms with Gasteiger partial charge in [-0.05, 0) is 38.5 Å². The third kappa shape index (κ3) is 58.2. The minimum absolute atomic E-state index is 0.00783. The molecule has 432 valence electrons. The van der Waals surface area contributed by atoms with E-state index in [1.807, 2.05) is 27.2 Å². The highest BCUT2D eigenvalue weighted by atomic mass is 31.2. The number of carbonyl (C=O) groups is 1. The molecule has 0 bridgehead atoms. The first-order valence-electron chi connectivity index (χ1n) is 31.9. The predicted octanol–water partition coefficient (Wildman–Crippen LogP) is 19.1. The number of quaternary nitrogens is 1. The van der Waals surface area contributed by atoms with Crippen molar-refractivity contribution in [2.24, 2.45) is 0 Å². The molecule has 0 aliphatic rings. The number of hydrogen-bond donors (Lipinski definition) is 2. The molecule has 9 heteroatoms. The van der Waals surface area contributed by atoms with Gasteiger partial charge < -0.3 is 28.8 Å². The molecule has 0 fully saturated rings. The van der Waals surface area contributed by atoms with E-state index in [0.717, 1.165) is 51.4 Å². The number of likely N-dealkylation sites (N-methyl/N-ethyl adjacent to an activating group) is 1. The second-order valence-corrected chi connectivity index (χ2v) is 24.5. The third-order valence-electron chi connectivity index (χ3n) is 14.6. The molecule has 0 rings (SSSR count). The maximum absolute atomic E-state index is 12.9. The van der Waals surface area contributed by atoms with E-state index in [-0.39, 0.29) is 12.5 Å². The van der Waals surface area contributed by atoms with E-state index in [0.29, 0.717) is 17.4 Å². The fraction of sp³-hybridized carbons (Fsp3) is 0.891. The van der Waals surface area contributed by atoms with Crippen molar-refractivity contribution in [1.29, 1.82) is 0 Å². The molecule has 0 aliphatic carbocycles. The Hall–Kier alpha value is -1.28. The zero-order valence-electron chi connectivity index (χ0n) is 49.4. The summed E-state index contributed by atoms with van der Waals surface area (Å²) in [5.41, 5.74) is 0. The van der Waals surface area contributed by atoms with Crippen LogP contribution < -0.4 is 10.2 Å². The maximum Gasteiger partial charge on any atom is 0.268 e. The number of phosphoric acid groups is 1. The van der Waals surface area contributed by atoms with Crippen LogP contribution in [0.3, 0.4) is 0 Å². The van der Waals surface area contributed by atoms with E-state index in [1.54, 1.807) is 6.08 Å². The minimum Gasteiger partial charge on any atom is -0.756 e. The van der Waals surface area contributed by atoms with Crippen molar-refractivity contribution < 1.29 is 32.9 Å². The van der Waals surface area contributed by atoms with Crippen LogP contribution in [-0.2, 0) is 18.4 Å². The second kappa shape index (κ2) is 55.5. The lowest BCUT2D eigenvalue weighted by molar-refractivity contribution is -0.870. The van der Waals surface area contributed by atoms with Crippen molar-refractivity contribution in [3.05, 3.63) is 36.5 Å². The van der Waals surface area contributed by atoms with E-state index in [2.05, 4.69) is 43.5 Å². The highest BCUT2D eigenvalue weighted by molar-refractivity contribution is 7.45. The van der Waals surface area contributed by atoms with Crippen LogP contribution in [0, 0.1) is 0 Å². The van der Waals surface area contributed by atoms with Crippen molar-refractivity contribution in [3.8, 4) is 0 Å². The largest absolute Gasteiger partial charge is 0.756 e. The number of rotatable bonds is 59. The number of unbranched alkanes of at least 4 members (excludes halogenated alkanes) is 42. The number of phosphoric ester groups is 1. The molecule has 0 aromatic heterocycles. The number of nitrogens with zero attached hydrogens (tertiary/aromatic N) is 1. The summed E-state index contributed by atoms with van der Waals surface area (Å²) in [6, 6.07) is -0.906. The van der Waals surface area contributed by atoms with E-state index >= 15 is 0 Å². The first-order chi connectivity index (χ1) is 35.5. The van der Waals surface area contributed by atoms with Gasteiger partial charge in [0.05, 0.1) is 39.9 Å². The Morgan fingerprint density at radius 2 is 0.767 bits per heavy atom. The predicted molar refractivity (Wildman–Crippen MR) is 316 cm³/mol. The molecule has 0 aromatic carbocycles. The smallest absolute Gasteiger partial charge is 0.268 e. The maximum atomic E-state index is 12.9. The summed E-state index contributed by atoms with van der Waals surface area (Å²) in [4.78, 5) is 25.4. The van der Waals surface area contributed by atoms with Gasteiger partial charge in [-0.15, -0.1) is 0 Å². The van der Waals surface area contributed by atoms with Gasteiger partial charge in [-0.25, -0.2) is 0 Å². The summed E-state index contributed by atoms with van der Waals surface area (Å²) in [6.07, 6.45) is 73.0. The quantitative estimate of drug-likeness (QED) is 0.0272. The molecule has 0 saturated carbocycles. The van der Waals surface area contributed by atoms with Crippen LogP contribution in [0.1, 0.15) is 316 Å². The summed E-state index contributed by atoms with van der Waals surface area (Å²) in [5.74, 6) is -0.208. The van der Waals surface area contributed by atoms with Crippen LogP contribution in [0.5, 0.6) is 0 Å². The Kier molecular flexibility index (Phi) is 54.5. The Bertz CT molecular complexity index is 1280. The Morgan fingerprint density at radius 1 is 0.466 bits per heavy atom. The fourth-order valence-electron chi connectivity index (χ4n) is 9.61. The van der Waals surface area contributed by atoms with Crippen molar-refractivity contribution in [2.45, 2.75) is 328 Å². The molecular weight excluding hydrogens is 924 g/mol. The lowest BCUT2D eigenvalue weighted by atomic mass is 10.0. The topological polar surface area (TPSA) is 108 Å². The number of aliphatic hydroxyl groups excluding tert-OH is 1. The van der Waals surface area contributed by atoms with Gasteiger partial charge in [0.1, 0.15) is 13.2 Å². The monoisotopic (exact) mass is 1050 g/mol. The lowest BCUT2D eigenvalue weighted by Gasteiger charge is -2.29. The van der Waals surface area contributed by atoms with E-state index < -0.39 is 26.6 Å². The van der Waals surface area contributed by atoms with Gasteiger partial charge in [-0.2, -0.15) is 0 Å². The van der Waals surface area contributed by atoms with Crippen molar-refractivity contribution in [3.63, 3.8) is 0 Å². The average molecular weight is 1050 g/mol. The summed E-state index contributed by atoms with van der Waals surface area (Å²) >= 11 is 0. The fourth-order valence-corrected chi connectivity index (χ4v) is 10.3. The molecule has 0 spiro atoms. The average Bonchev–Trinajstić information content (AvgIpc) is 3.35. The Balaban J connectivity index is 3.79. The number of amides is 1. The molecular formula is C64H125N2O6P. The molecule has 0 radical (unpaired) electrons. The molecule has 1 amide bonds. The summed E-state index contributed by atoms with van der Waals surface area (Å²) < 4.78 is 23.2.